The zero-order valence-electron chi connectivity index (χ0n) is 11.0. The summed E-state index contributed by atoms with van der Waals surface area (Å²) in [7, 11) is 0. The standard InChI is InChI=1S/C12H23N3OS/c1-4-6-13-11(16)8-14-12-15-10(9(2)3)5-7-17-12/h9-10H,4-8H2,1-3H3,(H,13,16)(H,14,15). The van der Waals surface area contributed by atoms with Crippen molar-refractivity contribution < 1.29 is 4.79 Å². The third-order valence-electron chi connectivity index (χ3n) is 2.72. The van der Waals surface area contributed by atoms with E-state index in [4.69, 9.17) is 0 Å². The maximum atomic E-state index is 11.4. The van der Waals surface area contributed by atoms with Crippen molar-refractivity contribution in [1.29, 1.82) is 0 Å². The van der Waals surface area contributed by atoms with Crippen LogP contribution in [0.3, 0.4) is 0 Å². The van der Waals surface area contributed by atoms with Crippen LogP contribution in [0.25, 0.3) is 0 Å². The lowest BCUT2D eigenvalue weighted by atomic mass is 10.0. The van der Waals surface area contributed by atoms with E-state index in [2.05, 4.69) is 29.5 Å². The number of thioether (sulfide) groups is 1. The first-order valence-corrected chi connectivity index (χ1v) is 7.32. The Hall–Kier alpha value is -0.710. The summed E-state index contributed by atoms with van der Waals surface area (Å²) >= 11 is 1.71. The van der Waals surface area contributed by atoms with Crippen LogP contribution in [0.4, 0.5) is 0 Å². The van der Waals surface area contributed by atoms with Gasteiger partial charge in [0.05, 0.1) is 0 Å². The first-order chi connectivity index (χ1) is 8.13. The molecule has 0 aromatic carbocycles. The van der Waals surface area contributed by atoms with Crippen LogP contribution in [-0.4, -0.2) is 36.0 Å². The number of carbonyl (C=O) groups excluding carboxylic acids is 1. The van der Waals surface area contributed by atoms with E-state index in [0.29, 0.717) is 12.0 Å². The van der Waals surface area contributed by atoms with E-state index in [0.717, 1.165) is 23.9 Å². The molecule has 0 aromatic rings. The van der Waals surface area contributed by atoms with E-state index < -0.39 is 0 Å². The molecule has 1 heterocycles. The van der Waals surface area contributed by atoms with Gasteiger partial charge in [-0.2, -0.15) is 0 Å². The van der Waals surface area contributed by atoms with Gasteiger partial charge in [0.25, 0.3) is 0 Å². The Morgan fingerprint density at radius 2 is 2.41 bits per heavy atom. The highest BCUT2D eigenvalue weighted by Gasteiger charge is 2.20. The second kappa shape index (κ2) is 7.58. The molecule has 1 amide bonds. The Kier molecular flexibility index (Phi) is 6.40. The van der Waals surface area contributed by atoms with Crippen LogP contribution < -0.4 is 10.6 Å². The summed E-state index contributed by atoms with van der Waals surface area (Å²) in [4.78, 5) is 15.7. The quantitative estimate of drug-likeness (QED) is 0.787. The third-order valence-corrected chi connectivity index (χ3v) is 3.68. The van der Waals surface area contributed by atoms with Crippen molar-refractivity contribution in [2.75, 3.05) is 18.8 Å². The number of amidine groups is 1. The third kappa shape index (κ3) is 5.44. The van der Waals surface area contributed by atoms with E-state index in [9.17, 15) is 4.79 Å². The van der Waals surface area contributed by atoms with Crippen LogP contribution in [0.1, 0.15) is 33.6 Å². The molecule has 0 aromatic heterocycles. The van der Waals surface area contributed by atoms with Gasteiger partial charge in [0.15, 0.2) is 5.17 Å². The van der Waals surface area contributed by atoms with Crippen LogP contribution in [0.5, 0.6) is 0 Å². The van der Waals surface area contributed by atoms with E-state index in [1.165, 1.54) is 6.42 Å². The fourth-order valence-electron chi connectivity index (χ4n) is 1.61. The largest absolute Gasteiger partial charge is 0.362 e. The van der Waals surface area contributed by atoms with Gasteiger partial charge in [0, 0.05) is 18.3 Å². The molecular weight excluding hydrogens is 234 g/mol. The molecule has 4 nitrogen and oxygen atoms in total. The van der Waals surface area contributed by atoms with Gasteiger partial charge in [0.1, 0.15) is 6.54 Å². The topological polar surface area (TPSA) is 53.5 Å². The molecule has 98 valence electrons. The molecule has 1 rings (SSSR count). The molecular formula is C12H23N3OS. The first-order valence-electron chi connectivity index (χ1n) is 6.34. The van der Waals surface area contributed by atoms with Gasteiger partial charge in [-0.25, -0.2) is 0 Å². The maximum Gasteiger partial charge on any atom is 0.241 e. The van der Waals surface area contributed by atoms with Crippen molar-refractivity contribution in [3.05, 3.63) is 0 Å². The minimum absolute atomic E-state index is 0.00780. The number of aliphatic imine (C=N–C) groups is 1. The minimum atomic E-state index is 0.00780. The van der Waals surface area contributed by atoms with Crippen LogP contribution in [-0.2, 0) is 4.79 Å². The van der Waals surface area contributed by atoms with Crippen LogP contribution >= 0.6 is 11.8 Å². The van der Waals surface area contributed by atoms with E-state index >= 15 is 0 Å². The van der Waals surface area contributed by atoms with Gasteiger partial charge in [-0.3, -0.25) is 9.79 Å². The SMILES string of the molecule is CCCNC(=O)CN=C1NC(C(C)C)CCS1. The molecule has 1 aliphatic rings. The maximum absolute atomic E-state index is 11.4. The lowest BCUT2D eigenvalue weighted by molar-refractivity contribution is -0.119. The lowest BCUT2D eigenvalue weighted by Crippen LogP contribution is -2.41. The van der Waals surface area contributed by atoms with E-state index in [1.54, 1.807) is 11.8 Å². The van der Waals surface area contributed by atoms with Gasteiger partial charge in [0.2, 0.25) is 5.91 Å². The Morgan fingerprint density at radius 1 is 1.65 bits per heavy atom. The monoisotopic (exact) mass is 257 g/mol. The first kappa shape index (κ1) is 14.4. The van der Waals surface area contributed by atoms with Crippen molar-refractivity contribution >= 4 is 22.8 Å². The van der Waals surface area contributed by atoms with Crippen LogP contribution in [0.15, 0.2) is 4.99 Å². The summed E-state index contributed by atoms with van der Waals surface area (Å²) in [5, 5.41) is 7.14. The van der Waals surface area contributed by atoms with Crippen LogP contribution in [0, 0.1) is 5.92 Å². The molecule has 5 heteroatoms. The fourth-order valence-corrected chi connectivity index (χ4v) is 2.57. The number of nitrogens with one attached hydrogen (secondary N) is 2. The number of hydrogen-bond acceptors (Lipinski definition) is 3. The van der Waals surface area contributed by atoms with Crippen molar-refractivity contribution in [3.8, 4) is 0 Å². The summed E-state index contributed by atoms with van der Waals surface area (Å²) in [6, 6.07) is 0.494. The Morgan fingerprint density at radius 3 is 3.06 bits per heavy atom. The molecule has 0 saturated carbocycles. The van der Waals surface area contributed by atoms with Gasteiger partial charge in [-0.1, -0.05) is 32.5 Å². The molecule has 0 aliphatic carbocycles. The average Bonchev–Trinajstić information content (AvgIpc) is 2.34. The van der Waals surface area contributed by atoms with E-state index in [1.807, 2.05) is 6.92 Å². The molecule has 1 saturated heterocycles. The minimum Gasteiger partial charge on any atom is -0.362 e. The second-order valence-electron chi connectivity index (χ2n) is 4.60. The molecule has 2 N–H and O–H groups in total. The average molecular weight is 257 g/mol. The van der Waals surface area contributed by atoms with Crippen molar-refractivity contribution in [1.82, 2.24) is 10.6 Å². The normalized spacial score (nSPS) is 22.6. The highest BCUT2D eigenvalue weighted by Crippen LogP contribution is 2.18. The number of amides is 1. The number of rotatable bonds is 5. The van der Waals surface area contributed by atoms with E-state index in [-0.39, 0.29) is 12.5 Å². The van der Waals surface area contributed by atoms with Crippen LogP contribution in [0.2, 0.25) is 0 Å². The Balaban J connectivity index is 2.36. The summed E-state index contributed by atoms with van der Waals surface area (Å²) in [5.41, 5.74) is 0. The number of nitrogens with zero attached hydrogens (tertiary/aromatic N) is 1. The highest BCUT2D eigenvalue weighted by molar-refractivity contribution is 8.13. The Bertz CT molecular complexity index is 279. The zero-order valence-corrected chi connectivity index (χ0v) is 11.8. The molecule has 1 fully saturated rings. The van der Waals surface area contributed by atoms with Crippen molar-refractivity contribution in [2.24, 2.45) is 10.9 Å². The number of hydrogen-bond donors (Lipinski definition) is 2. The highest BCUT2D eigenvalue weighted by atomic mass is 32.2. The predicted octanol–water partition coefficient (Wildman–Crippen LogP) is 1.62. The smallest absolute Gasteiger partial charge is 0.241 e. The molecule has 1 unspecified atom stereocenters. The molecule has 1 atom stereocenters. The Labute approximate surface area is 108 Å². The molecule has 0 spiro atoms. The second-order valence-corrected chi connectivity index (χ2v) is 5.69. The van der Waals surface area contributed by atoms with Crippen molar-refractivity contribution in [3.63, 3.8) is 0 Å². The lowest BCUT2D eigenvalue weighted by Gasteiger charge is -2.28. The fraction of sp³-hybridized carbons (Fsp3) is 0.833. The summed E-state index contributed by atoms with van der Waals surface area (Å²) in [6.07, 6.45) is 2.13. The molecule has 17 heavy (non-hydrogen) atoms. The molecule has 1 aliphatic heterocycles. The summed E-state index contributed by atoms with van der Waals surface area (Å²) < 4.78 is 0. The van der Waals surface area contributed by atoms with Gasteiger partial charge in [-0.05, 0) is 18.8 Å². The molecule has 0 radical (unpaired) electrons. The van der Waals surface area contributed by atoms with Gasteiger partial charge >= 0.3 is 0 Å². The predicted molar refractivity (Wildman–Crippen MR) is 74.4 cm³/mol. The summed E-state index contributed by atoms with van der Waals surface area (Å²) in [5.74, 6) is 1.70. The van der Waals surface area contributed by atoms with Crippen molar-refractivity contribution in [2.45, 2.75) is 39.7 Å². The zero-order chi connectivity index (χ0) is 12.7. The molecule has 0 bridgehead atoms. The van der Waals surface area contributed by atoms with Gasteiger partial charge in [-0.15, -0.1) is 0 Å². The van der Waals surface area contributed by atoms with Gasteiger partial charge < -0.3 is 10.6 Å². The summed E-state index contributed by atoms with van der Waals surface area (Å²) in [6.45, 7) is 7.43. The number of carbonyl (C=O) groups is 1.